The van der Waals surface area contributed by atoms with E-state index >= 15 is 0 Å². The molecule has 0 saturated carbocycles. The fourth-order valence-corrected chi connectivity index (χ4v) is 2.22. The molecule has 20 heavy (non-hydrogen) atoms. The molecule has 0 atom stereocenters. The lowest BCUT2D eigenvalue weighted by molar-refractivity contribution is 0.108. The van der Waals surface area contributed by atoms with Crippen LogP contribution in [0.15, 0.2) is 37.3 Å². The number of hydrogen-bond acceptors (Lipinski definition) is 5. The molecule has 2 aromatic heterocycles. The molecule has 0 aliphatic carbocycles. The number of piperidine rings is 1. The summed E-state index contributed by atoms with van der Waals surface area (Å²) in [7, 11) is 0. The molecule has 3 rings (SSSR count). The van der Waals surface area contributed by atoms with Gasteiger partial charge in [-0.05, 0) is 0 Å². The van der Waals surface area contributed by atoms with Crippen LogP contribution in [-0.2, 0) is 0 Å². The molecule has 0 N–H and O–H groups in total. The van der Waals surface area contributed by atoms with Crippen molar-refractivity contribution in [1.29, 1.82) is 0 Å². The molecular weight excluding hydrogens is 258 g/mol. The summed E-state index contributed by atoms with van der Waals surface area (Å²) >= 11 is 0. The zero-order valence-corrected chi connectivity index (χ0v) is 10.9. The quantitative estimate of drug-likeness (QED) is 0.821. The Morgan fingerprint density at radius 2 is 2.10 bits per heavy atom. The summed E-state index contributed by atoms with van der Waals surface area (Å²) in [6, 6.07) is 1.70. The van der Waals surface area contributed by atoms with Gasteiger partial charge in [0.1, 0.15) is 18.8 Å². The van der Waals surface area contributed by atoms with Crippen molar-refractivity contribution in [3.63, 3.8) is 0 Å². The molecule has 0 radical (unpaired) electrons. The highest BCUT2D eigenvalue weighted by Gasteiger charge is 2.24. The van der Waals surface area contributed by atoms with Crippen molar-refractivity contribution < 1.29 is 9.53 Å². The maximum Gasteiger partial charge on any atom is 0.329 e. The van der Waals surface area contributed by atoms with E-state index in [0.29, 0.717) is 19.0 Å². The highest BCUT2D eigenvalue weighted by Crippen LogP contribution is 2.17. The Balaban J connectivity index is 1.53. The average molecular weight is 273 g/mol. The third-order valence-electron chi connectivity index (χ3n) is 3.28. The van der Waals surface area contributed by atoms with Crippen LogP contribution in [0.3, 0.4) is 0 Å². The lowest BCUT2D eigenvalue weighted by Gasteiger charge is -2.31. The van der Waals surface area contributed by atoms with Gasteiger partial charge in [0.25, 0.3) is 0 Å². The summed E-state index contributed by atoms with van der Waals surface area (Å²) in [6.45, 7) is 1.35. The normalized spacial score (nSPS) is 16.1. The number of carbonyl (C=O) groups excluding carboxylic acids is 1. The van der Waals surface area contributed by atoms with Gasteiger partial charge in [-0.25, -0.2) is 19.7 Å². The second-order valence-corrected chi connectivity index (χ2v) is 4.60. The van der Waals surface area contributed by atoms with Gasteiger partial charge in [-0.3, -0.25) is 4.57 Å². The first-order valence-electron chi connectivity index (χ1n) is 6.53. The van der Waals surface area contributed by atoms with Crippen LogP contribution < -0.4 is 4.74 Å². The molecule has 0 bridgehead atoms. The lowest BCUT2D eigenvalue weighted by atomic mass is 10.1. The van der Waals surface area contributed by atoms with Crippen LogP contribution in [-0.4, -0.2) is 49.6 Å². The van der Waals surface area contributed by atoms with Crippen molar-refractivity contribution in [2.45, 2.75) is 18.9 Å². The van der Waals surface area contributed by atoms with Crippen LogP contribution in [0.4, 0.5) is 4.79 Å². The van der Waals surface area contributed by atoms with Gasteiger partial charge in [0.2, 0.25) is 5.88 Å². The summed E-state index contributed by atoms with van der Waals surface area (Å²) in [4.78, 5) is 25.7. The van der Waals surface area contributed by atoms with Crippen molar-refractivity contribution >= 4 is 6.03 Å². The first-order chi connectivity index (χ1) is 9.83. The second-order valence-electron chi connectivity index (χ2n) is 4.60. The van der Waals surface area contributed by atoms with Crippen LogP contribution in [0.5, 0.6) is 5.88 Å². The van der Waals surface area contributed by atoms with Gasteiger partial charge in [0.15, 0.2) is 0 Å². The molecule has 0 unspecified atom stereocenters. The third kappa shape index (κ3) is 2.76. The molecule has 104 valence electrons. The number of amides is 1. The van der Waals surface area contributed by atoms with Gasteiger partial charge in [-0.1, -0.05) is 0 Å². The number of nitrogens with zero attached hydrogens (tertiary/aromatic N) is 5. The van der Waals surface area contributed by atoms with Crippen LogP contribution in [0.2, 0.25) is 0 Å². The Morgan fingerprint density at radius 1 is 1.25 bits per heavy atom. The third-order valence-corrected chi connectivity index (χ3v) is 3.28. The number of imidazole rings is 1. The first kappa shape index (κ1) is 12.6. The maximum atomic E-state index is 12.1. The number of ether oxygens (including phenoxy) is 1. The minimum Gasteiger partial charge on any atom is -0.474 e. The molecule has 3 heterocycles. The van der Waals surface area contributed by atoms with E-state index in [1.54, 1.807) is 24.7 Å². The number of hydrogen-bond donors (Lipinski definition) is 0. The van der Waals surface area contributed by atoms with E-state index in [1.165, 1.54) is 17.2 Å². The summed E-state index contributed by atoms with van der Waals surface area (Å²) in [5, 5.41) is 0. The van der Waals surface area contributed by atoms with Crippen molar-refractivity contribution in [1.82, 2.24) is 24.4 Å². The molecule has 0 aromatic carbocycles. The molecule has 1 saturated heterocycles. The van der Waals surface area contributed by atoms with Crippen LogP contribution >= 0.6 is 0 Å². The van der Waals surface area contributed by atoms with Crippen LogP contribution in [0, 0.1) is 0 Å². The number of likely N-dealkylation sites (tertiary alicyclic amines) is 1. The Hall–Kier alpha value is -2.44. The van der Waals surface area contributed by atoms with Gasteiger partial charge in [0.05, 0.1) is 0 Å². The molecular formula is C13H15N5O2. The highest BCUT2D eigenvalue weighted by atomic mass is 16.5. The van der Waals surface area contributed by atoms with Crippen molar-refractivity contribution in [3.8, 4) is 5.88 Å². The van der Waals surface area contributed by atoms with E-state index in [9.17, 15) is 4.79 Å². The van der Waals surface area contributed by atoms with E-state index < -0.39 is 0 Å². The highest BCUT2D eigenvalue weighted by molar-refractivity contribution is 5.76. The molecule has 2 aromatic rings. The van der Waals surface area contributed by atoms with Gasteiger partial charge >= 0.3 is 6.03 Å². The molecule has 1 amide bonds. The second kappa shape index (κ2) is 5.68. The number of rotatable bonds is 2. The summed E-state index contributed by atoms with van der Waals surface area (Å²) in [6.07, 6.45) is 9.58. The molecule has 1 aliphatic rings. The molecule has 0 spiro atoms. The Morgan fingerprint density at radius 3 is 2.75 bits per heavy atom. The summed E-state index contributed by atoms with van der Waals surface area (Å²) < 4.78 is 7.26. The van der Waals surface area contributed by atoms with E-state index in [1.807, 2.05) is 4.90 Å². The zero-order chi connectivity index (χ0) is 13.8. The molecule has 1 fully saturated rings. The van der Waals surface area contributed by atoms with Gasteiger partial charge in [-0.15, -0.1) is 0 Å². The van der Waals surface area contributed by atoms with Crippen molar-refractivity contribution in [2.24, 2.45) is 0 Å². The summed E-state index contributed by atoms with van der Waals surface area (Å²) in [5.41, 5.74) is 0. The van der Waals surface area contributed by atoms with E-state index in [0.717, 1.165) is 12.8 Å². The Labute approximate surface area is 116 Å². The fraction of sp³-hybridized carbons (Fsp3) is 0.385. The van der Waals surface area contributed by atoms with Crippen LogP contribution in [0.1, 0.15) is 12.8 Å². The topological polar surface area (TPSA) is 73.1 Å². The van der Waals surface area contributed by atoms with Crippen LogP contribution in [0.25, 0.3) is 0 Å². The van der Waals surface area contributed by atoms with E-state index in [4.69, 9.17) is 4.74 Å². The summed E-state index contributed by atoms with van der Waals surface area (Å²) in [5.74, 6) is 0.583. The van der Waals surface area contributed by atoms with E-state index in [2.05, 4.69) is 15.0 Å². The lowest BCUT2D eigenvalue weighted by Crippen LogP contribution is -2.43. The van der Waals surface area contributed by atoms with E-state index in [-0.39, 0.29) is 12.1 Å². The smallest absolute Gasteiger partial charge is 0.329 e. The predicted molar refractivity (Wildman–Crippen MR) is 70.3 cm³/mol. The Bertz CT molecular complexity index is 549. The van der Waals surface area contributed by atoms with Crippen molar-refractivity contribution in [3.05, 3.63) is 37.3 Å². The molecule has 7 heteroatoms. The minimum absolute atomic E-state index is 0.0389. The van der Waals surface area contributed by atoms with Gasteiger partial charge < -0.3 is 9.64 Å². The van der Waals surface area contributed by atoms with Crippen molar-refractivity contribution in [2.75, 3.05) is 13.1 Å². The SMILES string of the molecule is O=C(N1CCC(Oc2ccncn2)CC1)n1ccnc1. The Kier molecular flexibility index (Phi) is 3.58. The number of aromatic nitrogens is 4. The first-order valence-corrected chi connectivity index (χ1v) is 6.53. The zero-order valence-electron chi connectivity index (χ0n) is 10.9. The predicted octanol–water partition coefficient (Wildman–Crippen LogP) is 1.18. The maximum absolute atomic E-state index is 12.1. The largest absolute Gasteiger partial charge is 0.474 e. The monoisotopic (exact) mass is 273 g/mol. The van der Waals surface area contributed by atoms with Gasteiger partial charge in [-0.2, -0.15) is 0 Å². The standard InChI is InChI=1S/C13H15N5O2/c19-13(18-8-5-15-10-18)17-6-2-11(3-7-17)20-12-1-4-14-9-16-12/h1,4-5,8-11H,2-3,6-7H2. The molecule has 1 aliphatic heterocycles. The van der Waals surface area contributed by atoms with Gasteiger partial charge in [0, 0.05) is 50.6 Å². The fourth-order valence-electron chi connectivity index (χ4n) is 2.22. The number of carbonyl (C=O) groups is 1. The minimum atomic E-state index is -0.0389. The average Bonchev–Trinajstić information content (AvgIpc) is 3.03. The molecule has 7 nitrogen and oxygen atoms in total.